The minimum atomic E-state index is -0.858. The molecule has 1 heterocycles. The quantitative estimate of drug-likeness (QED) is 0.654. The second-order valence-electron chi connectivity index (χ2n) is 5.40. The largest absolute Gasteiger partial charge is 0.369 e. The molecule has 6 heteroatoms. The first-order valence-electron chi connectivity index (χ1n) is 7.44. The van der Waals surface area contributed by atoms with Crippen LogP contribution in [0.2, 0.25) is 15.1 Å². The number of benzene rings is 2. The molecule has 3 rings (SSSR count). The Balaban J connectivity index is 2.15. The zero-order chi connectivity index (χ0) is 18.0. The smallest absolute Gasteiger partial charge is 0.231 e. The molecule has 3 aromatic rings. The molecule has 2 aromatic carbocycles. The van der Waals surface area contributed by atoms with Gasteiger partial charge < -0.3 is 5.73 Å². The Morgan fingerprint density at radius 2 is 1.44 bits per heavy atom. The van der Waals surface area contributed by atoms with E-state index in [1.807, 2.05) is 24.3 Å². The summed E-state index contributed by atoms with van der Waals surface area (Å²) in [6.07, 6.45) is 0. The van der Waals surface area contributed by atoms with E-state index < -0.39 is 11.8 Å². The van der Waals surface area contributed by atoms with Crippen molar-refractivity contribution in [2.24, 2.45) is 5.73 Å². The third kappa shape index (κ3) is 3.64. The fourth-order valence-electron chi connectivity index (χ4n) is 2.65. The van der Waals surface area contributed by atoms with Crippen LogP contribution in [0.1, 0.15) is 17.2 Å². The summed E-state index contributed by atoms with van der Waals surface area (Å²) < 4.78 is 0. The van der Waals surface area contributed by atoms with Crippen molar-refractivity contribution in [2.75, 3.05) is 0 Å². The van der Waals surface area contributed by atoms with Gasteiger partial charge in [0.2, 0.25) is 5.91 Å². The predicted molar refractivity (Wildman–Crippen MR) is 102 cm³/mol. The van der Waals surface area contributed by atoms with Gasteiger partial charge in [0.15, 0.2) is 0 Å². The van der Waals surface area contributed by atoms with Crippen LogP contribution >= 0.6 is 34.8 Å². The third-order valence-corrected chi connectivity index (χ3v) is 4.78. The van der Waals surface area contributed by atoms with E-state index in [-0.39, 0.29) is 0 Å². The highest BCUT2D eigenvalue weighted by Gasteiger charge is 2.27. The maximum absolute atomic E-state index is 12.2. The molecule has 0 aliphatic rings. The summed E-state index contributed by atoms with van der Waals surface area (Å²) in [5.74, 6) is -1.44. The first-order valence-corrected chi connectivity index (χ1v) is 8.57. The standard InChI is InChI=1S/C19H13Cl3N2O/c20-12-6-2-1-5-11(12)15-9-4-10-16(24-15)18(19(23)25)17-13(21)7-3-8-14(17)22/h1-10,18H,(H2,23,25). The van der Waals surface area contributed by atoms with E-state index in [9.17, 15) is 4.79 Å². The Kier molecular flexibility index (Phi) is 5.28. The number of pyridine rings is 1. The summed E-state index contributed by atoms with van der Waals surface area (Å²) in [7, 11) is 0. The van der Waals surface area contributed by atoms with Gasteiger partial charge in [-0.3, -0.25) is 9.78 Å². The van der Waals surface area contributed by atoms with Crippen LogP contribution in [-0.4, -0.2) is 10.9 Å². The number of aromatic nitrogens is 1. The van der Waals surface area contributed by atoms with Crippen molar-refractivity contribution in [1.82, 2.24) is 4.98 Å². The average Bonchev–Trinajstić information content (AvgIpc) is 2.58. The molecule has 126 valence electrons. The lowest BCUT2D eigenvalue weighted by molar-refractivity contribution is -0.118. The first kappa shape index (κ1) is 17.7. The van der Waals surface area contributed by atoms with E-state index in [4.69, 9.17) is 40.5 Å². The van der Waals surface area contributed by atoms with Gasteiger partial charge in [-0.1, -0.05) is 65.1 Å². The number of hydrogen-bond donors (Lipinski definition) is 1. The molecule has 1 aromatic heterocycles. The van der Waals surface area contributed by atoms with Crippen molar-refractivity contribution in [3.05, 3.63) is 87.0 Å². The van der Waals surface area contributed by atoms with Gasteiger partial charge in [0.1, 0.15) is 5.92 Å². The lowest BCUT2D eigenvalue weighted by Gasteiger charge is -2.17. The Labute approximate surface area is 160 Å². The molecule has 1 unspecified atom stereocenters. The molecule has 0 bridgehead atoms. The highest BCUT2D eigenvalue weighted by molar-refractivity contribution is 6.36. The molecule has 3 nitrogen and oxygen atoms in total. The molecular formula is C19H13Cl3N2O. The molecule has 25 heavy (non-hydrogen) atoms. The van der Waals surface area contributed by atoms with Crippen molar-refractivity contribution < 1.29 is 4.79 Å². The number of carbonyl (C=O) groups is 1. The highest BCUT2D eigenvalue weighted by Crippen LogP contribution is 2.36. The van der Waals surface area contributed by atoms with Gasteiger partial charge in [-0.05, 0) is 30.3 Å². The Morgan fingerprint density at radius 3 is 2.08 bits per heavy atom. The number of nitrogens with two attached hydrogens (primary N) is 1. The number of nitrogens with zero attached hydrogens (tertiary/aromatic N) is 1. The Bertz CT molecular complexity index is 923. The van der Waals surface area contributed by atoms with Crippen LogP contribution in [0, 0.1) is 0 Å². The van der Waals surface area contributed by atoms with E-state index in [1.54, 1.807) is 36.4 Å². The van der Waals surface area contributed by atoms with Crippen molar-refractivity contribution in [3.8, 4) is 11.3 Å². The summed E-state index contributed by atoms with van der Waals surface area (Å²) in [6.45, 7) is 0. The number of amides is 1. The normalized spacial score (nSPS) is 12.0. The van der Waals surface area contributed by atoms with Crippen LogP contribution in [0.3, 0.4) is 0 Å². The van der Waals surface area contributed by atoms with Gasteiger partial charge in [0.05, 0.1) is 11.4 Å². The molecule has 0 fully saturated rings. The maximum Gasteiger partial charge on any atom is 0.231 e. The van der Waals surface area contributed by atoms with E-state index in [0.29, 0.717) is 32.0 Å². The van der Waals surface area contributed by atoms with Crippen LogP contribution in [0.15, 0.2) is 60.7 Å². The minimum Gasteiger partial charge on any atom is -0.369 e. The number of hydrogen-bond acceptors (Lipinski definition) is 2. The van der Waals surface area contributed by atoms with Gasteiger partial charge in [-0.25, -0.2) is 0 Å². The zero-order valence-electron chi connectivity index (χ0n) is 12.9. The number of rotatable bonds is 4. The monoisotopic (exact) mass is 390 g/mol. The van der Waals surface area contributed by atoms with Crippen LogP contribution < -0.4 is 5.73 Å². The second-order valence-corrected chi connectivity index (χ2v) is 6.62. The SMILES string of the molecule is NC(=O)C(c1cccc(-c2ccccc2Cl)n1)c1c(Cl)cccc1Cl. The molecule has 0 aliphatic carbocycles. The summed E-state index contributed by atoms with van der Waals surface area (Å²) >= 11 is 18.8. The summed E-state index contributed by atoms with van der Waals surface area (Å²) in [6, 6.07) is 17.7. The van der Waals surface area contributed by atoms with Gasteiger partial charge in [0.25, 0.3) is 0 Å². The average molecular weight is 392 g/mol. The molecule has 0 spiro atoms. The summed E-state index contributed by atoms with van der Waals surface area (Å²) in [4.78, 5) is 16.7. The van der Waals surface area contributed by atoms with Crippen LogP contribution in [0.4, 0.5) is 0 Å². The molecule has 0 saturated carbocycles. The van der Waals surface area contributed by atoms with E-state index in [2.05, 4.69) is 4.98 Å². The molecule has 0 radical (unpaired) electrons. The molecule has 0 saturated heterocycles. The van der Waals surface area contributed by atoms with Gasteiger partial charge in [-0.15, -0.1) is 0 Å². The first-order chi connectivity index (χ1) is 12.0. The van der Waals surface area contributed by atoms with Crippen molar-refractivity contribution in [2.45, 2.75) is 5.92 Å². The van der Waals surface area contributed by atoms with Crippen molar-refractivity contribution in [3.63, 3.8) is 0 Å². The number of halogens is 3. The molecule has 1 atom stereocenters. The second kappa shape index (κ2) is 7.44. The lowest BCUT2D eigenvalue weighted by atomic mass is 9.93. The molecule has 2 N–H and O–H groups in total. The van der Waals surface area contributed by atoms with E-state index in [0.717, 1.165) is 5.56 Å². The lowest BCUT2D eigenvalue weighted by Crippen LogP contribution is -2.24. The molecule has 1 amide bonds. The maximum atomic E-state index is 12.2. The van der Waals surface area contributed by atoms with Gasteiger partial charge in [-0.2, -0.15) is 0 Å². The third-order valence-electron chi connectivity index (χ3n) is 3.79. The predicted octanol–water partition coefficient (Wildman–Crippen LogP) is 5.33. The number of primary amides is 1. The topological polar surface area (TPSA) is 56.0 Å². The molecular weight excluding hydrogens is 379 g/mol. The Morgan fingerprint density at radius 1 is 0.840 bits per heavy atom. The van der Waals surface area contributed by atoms with E-state index >= 15 is 0 Å². The van der Waals surface area contributed by atoms with Gasteiger partial charge >= 0.3 is 0 Å². The van der Waals surface area contributed by atoms with Gasteiger partial charge in [0, 0.05) is 26.2 Å². The summed E-state index contributed by atoms with van der Waals surface area (Å²) in [5, 5.41) is 1.29. The fraction of sp³-hybridized carbons (Fsp3) is 0.0526. The summed E-state index contributed by atoms with van der Waals surface area (Å²) in [5.41, 5.74) is 7.94. The number of carbonyl (C=O) groups excluding carboxylic acids is 1. The van der Waals surface area contributed by atoms with Crippen LogP contribution in [-0.2, 0) is 4.79 Å². The fourth-order valence-corrected chi connectivity index (χ4v) is 3.50. The molecule has 0 aliphatic heterocycles. The van der Waals surface area contributed by atoms with E-state index in [1.165, 1.54) is 0 Å². The zero-order valence-corrected chi connectivity index (χ0v) is 15.2. The van der Waals surface area contributed by atoms with Crippen molar-refractivity contribution >= 4 is 40.7 Å². The van der Waals surface area contributed by atoms with Crippen LogP contribution in [0.5, 0.6) is 0 Å². The highest BCUT2D eigenvalue weighted by atomic mass is 35.5. The minimum absolute atomic E-state index is 0.362. The van der Waals surface area contributed by atoms with Crippen molar-refractivity contribution in [1.29, 1.82) is 0 Å². The van der Waals surface area contributed by atoms with Crippen LogP contribution in [0.25, 0.3) is 11.3 Å². The Hall–Kier alpha value is -2.07.